The van der Waals surface area contributed by atoms with E-state index in [0.717, 1.165) is 18.2 Å². The van der Waals surface area contributed by atoms with E-state index in [1.165, 1.54) is 54.6 Å². The van der Waals surface area contributed by atoms with Gasteiger partial charge in [-0.3, -0.25) is 13.7 Å². The summed E-state index contributed by atoms with van der Waals surface area (Å²) < 4.78 is 101. The summed E-state index contributed by atoms with van der Waals surface area (Å²) in [4.78, 5) is -1.72. The maximum atomic E-state index is 12.0. The van der Waals surface area contributed by atoms with Gasteiger partial charge in [-0.1, -0.05) is 54.6 Å². The van der Waals surface area contributed by atoms with Crippen LogP contribution < -0.4 is 15.9 Å². The van der Waals surface area contributed by atoms with E-state index in [-0.39, 0.29) is 105 Å². The Bertz CT molecular complexity index is 1300. The number of hydrogen-bond donors (Lipinski definition) is 3. The van der Waals surface area contributed by atoms with Gasteiger partial charge < -0.3 is 0 Å². The molecule has 0 spiro atoms. The van der Waals surface area contributed by atoms with Crippen molar-refractivity contribution in [3.8, 4) is 0 Å². The van der Waals surface area contributed by atoms with Crippen molar-refractivity contribution in [2.75, 3.05) is 0 Å². The summed E-state index contributed by atoms with van der Waals surface area (Å²) in [5, 5.41) is -0.313. The normalized spacial score (nSPS) is 11.6. The second-order valence-corrected chi connectivity index (χ2v) is 12.4. The van der Waals surface area contributed by atoms with Crippen molar-refractivity contribution in [2.24, 2.45) is 0 Å². The molecule has 0 amide bonds. The van der Waals surface area contributed by atoms with Crippen molar-refractivity contribution in [1.82, 2.24) is 0 Å². The minimum absolute atomic E-state index is 0. The average molecular weight is 574 g/mol. The molecular formula is C18H18Na3O9PS3. The van der Waals surface area contributed by atoms with Crippen molar-refractivity contribution < 1.29 is 38.9 Å². The molecule has 0 heterocycles. The van der Waals surface area contributed by atoms with Crippen LogP contribution in [0.4, 0.5) is 0 Å². The molecule has 0 aliphatic carbocycles. The van der Waals surface area contributed by atoms with Gasteiger partial charge in [0.15, 0.2) is 0 Å². The van der Waals surface area contributed by atoms with Crippen molar-refractivity contribution in [1.29, 1.82) is 0 Å². The van der Waals surface area contributed by atoms with Crippen molar-refractivity contribution in [2.45, 2.75) is 14.7 Å². The van der Waals surface area contributed by atoms with Crippen LogP contribution in [-0.4, -0.2) is 128 Å². The van der Waals surface area contributed by atoms with Crippen LogP contribution in [-0.2, 0) is 30.4 Å². The number of hydrogen-bond acceptors (Lipinski definition) is 6. The van der Waals surface area contributed by atoms with Crippen molar-refractivity contribution in [3.05, 3.63) is 72.8 Å². The van der Waals surface area contributed by atoms with E-state index in [1.807, 2.05) is 0 Å². The first kappa shape index (κ1) is 34.8. The van der Waals surface area contributed by atoms with E-state index in [1.54, 1.807) is 0 Å². The molecule has 0 bridgehead atoms. The Morgan fingerprint density at radius 3 is 0.853 bits per heavy atom. The zero-order valence-electron chi connectivity index (χ0n) is 15.4. The van der Waals surface area contributed by atoms with Gasteiger partial charge in [-0.2, -0.15) is 25.3 Å². The van der Waals surface area contributed by atoms with Crippen LogP contribution in [0.25, 0.3) is 0 Å². The molecule has 0 saturated carbocycles. The zero-order chi connectivity index (χ0) is 23.0. The van der Waals surface area contributed by atoms with Crippen LogP contribution in [0.5, 0.6) is 0 Å². The van der Waals surface area contributed by atoms with Gasteiger partial charge in [-0.15, -0.1) is 0 Å². The molecule has 0 aromatic heterocycles. The van der Waals surface area contributed by atoms with E-state index in [4.69, 9.17) is 0 Å². The molecule has 3 N–H and O–H groups in total. The molecule has 0 saturated heterocycles. The second kappa shape index (κ2) is 13.6. The first-order valence-electron chi connectivity index (χ1n) is 8.31. The third kappa shape index (κ3) is 8.16. The second-order valence-electron chi connectivity index (χ2n) is 6.16. The molecule has 0 aliphatic heterocycles. The summed E-state index contributed by atoms with van der Waals surface area (Å²) in [7, 11) is -16.7. The molecule has 9 nitrogen and oxygen atoms in total. The van der Waals surface area contributed by atoms with Gasteiger partial charge >= 0.3 is 88.7 Å². The Morgan fingerprint density at radius 2 is 0.647 bits per heavy atom. The third-order valence-electron chi connectivity index (χ3n) is 4.15. The molecule has 0 atom stereocenters. The van der Waals surface area contributed by atoms with Crippen LogP contribution in [0.2, 0.25) is 0 Å². The summed E-state index contributed by atoms with van der Waals surface area (Å²) in [5.41, 5.74) is 0. The summed E-state index contributed by atoms with van der Waals surface area (Å²) in [6.07, 6.45) is 0. The summed E-state index contributed by atoms with van der Waals surface area (Å²) >= 11 is 0. The van der Waals surface area contributed by atoms with E-state index in [9.17, 15) is 38.9 Å². The minimum atomic E-state index is -4.80. The number of rotatable bonds is 6. The Morgan fingerprint density at radius 1 is 0.441 bits per heavy atom. The maximum absolute atomic E-state index is 12.0. The predicted molar refractivity (Wildman–Crippen MR) is 136 cm³/mol. The molecule has 0 aliphatic rings. The Labute approximate surface area is 265 Å². The summed E-state index contributed by atoms with van der Waals surface area (Å²) in [5.74, 6) is 0. The Kier molecular flexibility index (Phi) is 13.9. The Hall–Kier alpha value is 0.820. The summed E-state index contributed by atoms with van der Waals surface area (Å²) in [6.45, 7) is 0. The van der Waals surface area contributed by atoms with Crippen molar-refractivity contribution in [3.63, 3.8) is 0 Å². The quantitative estimate of drug-likeness (QED) is 0.195. The third-order valence-corrected chi connectivity index (χ3v) is 9.96. The SMILES string of the molecule is O=S(=O)(O)c1ccccc1P(c1ccccc1S(=O)(=O)O)c1ccccc1S(=O)(=O)O.[NaH].[NaH].[NaH]. The molecule has 34 heavy (non-hydrogen) atoms. The van der Waals surface area contributed by atoms with Gasteiger partial charge in [0.2, 0.25) is 0 Å². The van der Waals surface area contributed by atoms with Crippen LogP contribution >= 0.6 is 7.92 Å². The fourth-order valence-electron chi connectivity index (χ4n) is 2.97. The van der Waals surface area contributed by atoms with Gasteiger partial charge in [0.25, 0.3) is 30.4 Å². The van der Waals surface area contributed by atoms with Crippen LogP contribution in [0, 0.1) is 0 Å². The van der Waals surface area contributed by atoms with Crippen LogP contribution in [0.1, 0.15) is 0 Å². The molecule has 0 unspecified atom stereocenters. The molecule has 3 rings (SSSR count). The summed E-state index contributed by atoms with van der Waals surface area (Å²) in [6, 6.07) is 15.3. The van der Waals surface area contributed by atoms with Gasteiger partial charge in [0.05, 0.1) is 0 Å². The topological polar surface area (TPSA) is 163 Å². The first-order valence-corrected chi connectivity index (χ1v) is 14.0. The average Bonchev–Trinajstić information content (AvgIpc) is 2.67. The van der Waals surface area contributed by atoms with Gasteiger partial charge in [0.1, 0.15) is 14.7 Å². The fraction of sp³-hybridized carbons (Fsp3) is 0. The molecule has 170 valence electrons. The van der Waals surface area contributed by atoms with Crippen molar-refractivity contribution >= 4 is 143 Å². The Balaban J connectivity index is 0.00000363. The fourth-order valence-corrected chi connectivity index (χ4v) is 8.95. The van der Waals surface area contributed by atoms with Gasteiger partial charge in [-0.25, -0.2) is 0 Å². The van der Waals surface area contributed by atoms with E-state index in [2.05, 4.69) is 0 Å². The molecule has 16 heteroatoms. The molecule has 3 aromatic carbocycles. The molecule has 0 fully saturated rings. The first-order chi connectivity index (χ1) is 14.3. The molecule has 3 aromatic rings. The zero-order valence-corrected chi connectivity index (χ0v) is 18.7. The predicted octanol–water partition coefficient (Wildman–Crippen LogP) is -0.761. The molecule has 0 radical (unpaired) electrons. The standard InChI is InChI=1S/C18H15O9PS3.3Na.3H/c19-29(20,21)16-10-4-1-7-13(16)28(14-8-2-5-11-17(14)30(22,23)24)15-9-3-6-12-18(15)31(25,26)27;;;;;;/h1-12H,(H,19,20,21)(H,22,23,24)(H,25,26,27);;;;;;. The van der Waals surface area contributed by atoms with Crippen LogP contribution in [0.3, 0.4) is 0 Å². The monoisotopic (exact) mass is 574 g/mol. The van der Waals surface area contributed by atoms with Crippen LogP contribution in [0.15, 0.2) is 87.5 Å². The van der Waals surface area contributed by atoms with Gasteiger partial charge in [-0.05, 0) is 26.1 Å². The van der Waals surface area contributed by atoms with E-state index < -0.39 is 53.0 Å². The van der Waals surface area contributed by atoms with E-state index >= 15 is 0 Å². The molecular weight excluding hydrogens is 556 g/mol. The van der Waals surface area contributed by atoms with Gasteiger partial charge in [0, 0.05) is 15.9 Å². The number of benzene rings is 3. The van der Waals surface area contributed by atoms with E-state index in [0.29, 0.717) is 0 Å².